The molecule has 15 heavy (non-hydrogen) atoms. The highest BCUT2D eigenvalue weighted by Crippen LogP contribution is 2.13. The van der Waals surface area contributed by atoms with E-state index < -0.39 is 0 Å². The van der Waals surface area contributed by atoms with Crippen LogP contribution in [0.3, 0.4) is 0 Å². The van der Waals surface area contributed by atoms with Crippen LogP contribution in [0, 0.1) is 11.3 Å². The van der Waals surface area contributed by atoms with Crippen LogP contribution in [-0.2, 0) is 4.74 Å². The van der Waals surface area contributed by atoms with E-state index in [4.69, 9.17) is 14.7 Å². The molecular formula is C10H11N3O2. The molecule has 0 unspecified atom stereocenters. The normalized spacial score (nSPS) is 17.0. The van der Waals surface area contributed by atoms with Crippen molar-refractivity contribution in [2.24, 2.45) is 0 Å². The molecule has 1 aliphatic heterocycles. The Kier molecular flexibility index (Phi) is 3.10. The van der Waals surface area contributed by atoms with Crippen LogP contribution in [0.2, 0.25) is 0 Å². The molecule has 0 bridgehead atoms. The summed E-state index contributed by atoms with van der Waals surface area (Å²) in [5.74, 6) is 0. The summed E-state index contributed by atoms with van der Waals surface area (Å²) in [5, 5.41) is 8.65. The van der Waals surface area contributed by atoms with E-state index in [9.17, 15) is 0 Å². The van der Waals surface area contributed by atoms with Crippen molar-refractivity contribution in [3.05, 3.63) is 18.0 Å². The third kappa shape index (κ3) is 2.64. The molecule has 0 aromatic carbocycles. The van der Waals surface area contributed by atoms with Crippen LogP contribution in [0.25, 0.3) is 0 Å². The number of aromatic nitrogens is 2. The topological polar surface area (TPSA) is 68.0 Å². The Balaban J connectivity index is 2.00. The first-order valence-electron chi connectivity index (χ1n) is 4.86. The van der Waals surface area contributed by atoms with Gasteiger partial charge in [-0.2, -0.15) is 10.2 Å². The molecule has 1 aromatic rings. The molecule has 1 aromatic heterocycles. The van der Waals surface area contributed by atoms with Crippen molar-refractivity contribution in [1.29, 1.82) is 5.26 Å². The van der Waals surface area contributed by atoms with Crippen molar-refractivity contribution in [2.75, 3.05) is 13.2 Å². The molecule has 0 atom stereocenters. The predicted octanol–water partition coefficient (Wildman–Crippen LogP) is 0.906. The molecule has 2 heterocycles. The first-order chi connectivity index (χ1) is 7.38. The number of nitrogens with zero attached hydrogens (tertiary/aromatic N) is 3. The molecule has 0 N–H and O–H groups in total. The van der Waals surface area contributed by atoms with Gasteiger partial charge in [0.1, 0.15) is 17.9 Å². The van der Waals surface area contributed by atoms with Crippen LogP contribution in [0.4, 0.5) is 0 Å². The number of rotatable bonds is 2. The van der Waals surface area contributed by atoms with E-state index in [0.29, 0.717) is 18.9 Å². The van der Waals surface area contributed by atoms with Gasteiger partial charge in [0.25, 0.3) is 0 Å². The van der Waals surface area contributed by atoms with E-state index in [-0.39, 0.29) is 12.1 Å². The Hall–Kier alpha value is -1.67. The summed E-state index contributed by atoms with van der Waals surface area (Å²) in [5.41, 5.74) is 0.326. The minimum absolute atomic E-state index is 0.104. The van der Waals surface area contributed by atoms with E-state index in [2.05, 4.69) is 9.97 Å². The Morgan fingerprint density at radius 1 is 1.47 bits per heavy atom. The number of hydrogen-bond acceptors (Lipinski definition) is 5. The van der Waals surface area contributed by atoms with Gasteiger partial charge in [-0.1, -0.05) is 0 Å². The number of hydrogen-bond donors (Lipinski definition) is 0. The summed E-state index contributed by atoms with van der Waals surface area (Å²) >= 11 is 0. The quantitative estimate of drug-likeness (QED) is 0.717. The summed E-state index contributed by atoms with van der Waals surface area (Å²) in [7, 11) is 0. The van der Waals surface area contributed by atoms with Gasteiger partial charge in [-0.3, -0.25) is 0 Å². The standard InChI is InChI=1S/C10H11N3O2/c11-7-8-1-4-12-10(13-8)15-9-2-5-14-6-3-9/h1,4,9H,2-3,5-6H2. The smallest absolute Gasteiger partial charge is 0.317 e. The fourth-order valence-electron chi connectivity index (χ4n) is 1.40. The van der Waals surface area contributed by atoms with Crippen molar-refractivity contribution < 1.29 is 9.47 Å². The average Bonchev–Trinajstić information content (AvgIpc) is 2.31. The van der Waals surface area contributed by atoms with E-state index >= 15 is 0 Å². The first kappa shape index (κ1) is 9.87. The van der Waals surface area contributed by atoms with E-state index in [1.54, 1.807) is 6.07 Å². The molecule has 0 aliphatic carbocycles. The van der Waals surface area contributed by atoms with Gasteiger partial charge in [-0.15, -0.1) is 0 Å². The molecule has 5 nitrogen and oxygen atoms in total. The monoisotopic (exact) mass is 205 g/mol. The van der Waals surface area contributed by atoms with Gasteiger partial charge in [-0.25, -0.2) is 4.98 Å². The van der Waals surface area contributed by atoms with Gasteiger partial charge < -0.3 is 9.47 Å². The molecule has 78 valence electrons. The zero-order chi connectivity index (χ0) is 10.5. The predicted molar refractivity (Wildman–Crippen MR) is 51.2 cm³/mol. The molecule has 1 saturated heterocycles. The lowest BCUT2D eigenvalue weighted by Crippen LogP contribution is -2.26. The van der Waals surface area contributed by atoms with Crippen molar-refractivity contribution in [2.45, 2.75) is 18.9 Å². The van der Waals surface area contributed by atoms with Crippen LogP contribution in [-0.4, -0.2) is 29.3 Å². The van der Waals surface area contributed by atoms with Crippen molar-refractivity contribution >= 4 is 0 Å². The van der Waals surface area contributed by atoms with Gasteiger partial charge >= 0.3 is 6.01 Å². The summed E-state index contributed by atoms with van der Waals surface area (Å²) in [6.45, 7) is 1.42. The van der Waals surface area contributed by atoms with Gasteiger partial charge in [0.05, 0.1) is 13.2 Å². The fraction of sp³-hybridized carbons (Fsp3) is 0.500. The van der Waals surface area contributed by atoms with Gasteiger partial charge in [0.15, 0.2) is 0 Å². The highest BCUT2D eigenvalue weighted by molar-refractivity contribution is 5.19. The van der Waals surface area contributed by atoms with Gasteiger partial charge in [0.2, 0.25) is 0 Å². The number of nitriles is 1. The molecule has 1 fully saturated rings. The molecule has 1 aliphatic rings. The molecule has 0 saturated carbocycles. The Morgan fingerprint density at radius 2 is 2.27 bits per heavy atom. The minimum Gasteiger partial charge on any atom is -0.460 e. The third-order valence-corrected chi connectivity index (χ3v) is 2.19. The molecule has 5 heteroatoms. The fourth-order valence-corrected chi connectivity index (χ4v) is 1.40. The zero-order valence-corrected chi connectivity index (χ0v) is 8.22. The first-order valence-corrected chi connectivity index (χ1v) is 4.86. The van der Waals surface area contributed by atoms with Crippen LogP contribution in [0.15, 0.2) is 12.3 Å². The summed E-state index contributed by atoms with van der Waals surface area (Å²) in [6, 6.07) is 3.78. The lowest BCUT2D eigenvalue weighted by atomic mass is 10.2. The van der Waals surface area contributed by atoms with Gasteiger partial charge in [-0.05, 0) is 6.07 Å². The van der Waals surface area contributed by atoms with Crippen molar-refractivity contribution in [3.63, 3.8) is 0 Å². The summed E-state index contributed by atoms with van der Waals surface area (Å²) in [4.78, 5) is 7.91. The molecule has 0 spiro atoms. The minimum atomic E-state index is 0.104. The maximum absolute atomic E-state index is 8.65. The second kappa shape index (κ2) is 4.71. The van der Waals surface area contributed by atoms with Crippen LogP contribution < -0.4 is 4.74 Å². The maximum Gasteiger partial charge on any atom is 0.317 e. The van der Waals surface area contributed by atoms with E-state index in [0.717, 1.165) is 12.8 Å². The zero-order valence-electron chi connectivity index (χ0n) is 8.22. The SMILES string of the molecule is N#Cc1ccnc(OC2CCOCC2)n1. The van der Waals surface area contributed by atoms with E-state index in [1.807, 2.05) is 6.07 Å². The Bertz CT molecular complexity index is 369. The largest absolute Gasteiger partial charge is 0.460 e. The molecule has 2 rings (SSSR count). The second-order valence-electron chi connectivity index (χ2n) is 3.27. The summed E-state index contributed by atoms with van der Waals surface area (Å²) < 4.78 is 10.8. The third-order valence-electron chi connectivity index (χ3n) is 2.19. The lowest BCUT2D eigenvalue weighted by molar-refractivity contribution is 0.0216. The summed E-state index contributed by atoms with van der Waals surface area (Å²) in [6.07, 6.45) is 3.33. The van der Waals surface area contributed by atoms with Crippen molar-refractivity contribution in [1.82, 2.24) is 9.97 Å². The highest BCUT2D eigenvalue weighted by atomic mass is 16.5. The molecule has 0 amide bonds. The van der Waals surface area contributed by atoms with Crippen molar-refractivity contribution in [3.8, 4) is 12.1 Å². The van der Waals surface area contributed by atoms with Crippen LogP contribution >= 0.6 is 0 Å². The molecular weight excluding hydrogens is 194 g/mol. The highest BCUT2D eigenvalue weighted by Gasteiger charge is 2.16. The lowest BCUT2D eigenvalue weighted by Gasteiger charge is -2.21. The Morgan fingerprint density at radius 3 is 3.00 bits per heavy atom. The second-order valence-corrected chi connectivity index (χ2v) is 3.27. The average molecular weight is 205 g/mol. The van der Waals surface area contributed by atoms with Crippen LogP contribution in [0.5, 0.6) is 6.01 Å². The molecule has 0 radical (unpaired) electrons. The van der Waals surface area contributed by atoms with Crippen LogP contribution in [0.1, 0.15) is 18.5 Å². The number of ether oxygens (including phenoxy) is 2. The van der Waals surface area contributed by atoms with Gasteiger partial charge in [0, 0.05) is 19.0 Å². The van der Waals surface area contributed by atoms with E-state index in [1.165, 1.54) is 6.20 Å². The Labute approximate surface area is 87.7 Å². The maximum atomic E-state index is 8.65.